The highest BCUT2D eigenvalue weighted by Gasteiger charge is 2.22. The van der Waals surface area contributed by atoms with Gasteiger partial charge in [0, 0.05) is 36.1 Å². The van der Waals surface area contributed by atoms with Crippen molar-refractivity contribution in [3.05, 3.63) is 58.7 Å². The molecular weight excluding hydrogens is 431 g/mol. The molecule has 0 saturated heterocycles. The van der Waals surface area contributed by atoms with E-state index in [9.17, 15) is 9.59 Å². The molecule has 0 amide bonds. The van der Waals surface area contributed by atoms with Crippen LogP contribution in [0, 0.1) is 0 Å². The zero-order valence-electron chi connectivity index (χ0n) is 19.3. The van der Waals surface area contributed by atoms with Crippen molar-refractivity contribution in [2.24, 2.45) is 0 Å². The minimum absolute atomic E-state index is 0. The van der Waals surface area contributed by atoms with E-state index in [2.05, 4.69) is 35.8 Å². The van der Waals surface area contributed by atoms with Gasteiger partial charge in [-0.25, -0.2) is 0 Å². The predicted molar refractivity (Wildman–Crippen MR) is 133 cm³/mol. The molecule has 0 bridgehead atoms. The van der Waals surface area contributed by atoms with Gasteiger partial charge in [0.25, 0.3) is 0 Å². The van der Waals surface area contributed by atoms with Crippen molar-refractivity contribution in [1.29, 1.82) is 0 Å². The molecule has 1 aliphatic carbocycles. The predicted octanol–water partition coefficient (Wildman–Crippen LogP) is 5.15. The number of nitrogens with zero attached hydrogens (tertiary/aromatic N) is 2. The largest absolute Gasteiger partial charge is 0.306 e. The van der Waals surface area contributed by atoms with Gasteiger partial charge in [-0.1, -0.05) is 24.3 Å². The first-order valence-electron chi connectivity index (χ1n) is 10.3. The molecule has 2 atom stereocenters. The summed E-state index contributed by atoms with van der Waals surface area (Å²) in [6.45, 7) is 4.13. The molecule has 6 heteroatoms. The van der Waals surface area contributed by atoms with Crippen LogP contribution in [0.3, 0.4) is 0 Å². The van der Waals surface area contributed by atoms with Crippen LogP contribution >= 0.6 is 24.8 Å². The van der Waals surface area contributed by atoms with E-state index in [0.717, 1.165) is 17.5 Å². The highest BCUT2D eigenvalue weighted by molar-refractivity contribution is 5.99. The number of fused-ring (bicyclic) bond motifs is 3. The number of benzene rings is 2. The first kappa shape index (κ1) is 27.3. The molecule has 0 spiro atoms. The smallest absolute Gasteiger partial charge is 0.164 e. The van der Waals surface area contributed by atoms with Gasteiger partial charge < -0.3 is 9.80 Å². The van der Waals surface area contributed by atoms with Gasteiger partial charge in [0.15, 0.2) is 11.6 Å². The molecule has 2 aromatic carbocycles. The Morgan fingerprint density at radius 3 is 1.42 bits per heavy atom. The molecule has 0 fully saturated rings. The number of hydrogen-bond acceptors (Lipinski definition) is 4. The number of rotatable bonds is 8. The first-order valence-corrected chi connectivity index (χ1v) is 10.3. The van der Waals surface area contributed by atoms with Crippen LogP contribution < -0.4 is 0 Å². The van der Waals surface area contributed by atoms with Gasteiger partial charge in [-0.05, 0) is 82.8 Å². The van der Waals surface area contributed by atoms with Crippen LogP contribution in [0.15, 0.2) is 36.4 Å². The van der Waals surface area contributed by atoms with Crippen molar-refractivity contribution in [2.45, 2.75) is 45.2 Å². The molecule has 31 heavy (non-hydrogen) atoms. The Bertz CT molecular complexity index is 866. The number of carbonyl (C=O) groups is 2. The lowest BCUT2D eigenvalue weighted by Crippen LogP contribution is -2.27. The minimum Gasteiger partial charge on any atom is -0.306 e. The molecule has 3 rings (SSSR count). The Morgan fingerprint density at radius 1 is 0.742 bits per heavy atom. The Balaban J connectivity index is 0.00000240. The zero-order chi connectivity index (χ0) is 21.3. The Kier molecular flexibility index (Phi) is 9.90. The van der Waals surface area contributed by atoms with E-state index < -0.39 is 0 Å². The van der Waals surface area contributed by atoms with E-state index in [1.807, 2.05) is 52.5 Å². The molecule has 0 aliphatic heterocycles. The maximum absolute atomic E-state index is 12.7. The summed E-state index contributed by atoms with van der Waals surface area (Å²) >= 11 is 0. The average Bonchev–Trinajstić information content (AvgIpc) is 3.04. The summed E-state index contributed by atoms with van der Waals surface area (Å²) < 4.78 is 0. The SMILES string of the molecule is CC(CC(=O)c1ccc2c(c1)Cc1cc(C(=O)CC(C)N(C)C)ccc1-2)N(C)C.Cl.Cl. The second-order valence-corrected chi connectivity index (χ2v) is 8.80. The van der Waals surface area contributed by atoms with E-state index >= 15 is 0 Å². The van der Waals surface area contributed by atoms with Crippen molar-refractivity contribution in [3.8, 4) is 11.1 Å². The van der Waals surface area contributed by atoms with Crippen LogP contribution in [0.5, 0.6) is 0 Å². The summed E-state index contributed by atoms with van der Waals surface area (Å²) in [6, 6.07) is 12.5. The van der Waals surface area contributed by atoms with E-state index in [1.54, 1.807) is 0 Å². The Labute approximate surface area is 198 Å². The van der Waals surface area contributed by atoms with Gasteiger partial charge in [0.1, 0.15) is 0 Å². The molecular formula is C25H34Cl2N2O2. The summed E-state index contributed by atoms with van der Waals surface area (Å²) in [6.07, 6.45) is 1.81. The molecule has 1 aliphatic rings. The summed E-state index contributed by atoms with van der Waals surface area (Å²) in [5, 5.41) is 0. The number of ketones is 2. The van der Waals surface area contributed by atoms with Crippen molar-refractivity contribution in [1.82, 2.24) is 9.80 Å². The molecule has 2 aromatic rings. The summed E-state index contributed by atoms with van der Waals surface area (Å²) in [5.74, 6) is 0.358. The van der Waals surface area contributed by atoms with Crippen molar-refractivity contribution in [2.75, 3.05) is 28.2 Å². The van der Waals surface area contributed by atoms with Crippen molar-refractivity contribution >= 4 is 36.4 Å². The van der Waals surface area contributed by atoms with Crippen molar-refractivity contribution in [3.63, 3.8) is 0 Å². The molecule has 0 heterocycles. The second kappa shape index (κ2) is 11.2. The lowest BCUT2D eigenvalue weighted by molar-refractivity contribution is 0.0942. The average molecular weight is 465 g/mol. The molecule has 0 N–H and O–H groups in total. The van der Waals surface area contributed by atoms with E-state index in [4.69, 9.17) is 0 Å². The van der Waals surface area contributed by atoms with E-state index in [0.29, 0.717) is 12.8 Å². The maximum atomic E-state index is 12.7. The third-order valence-corrected chi connectivity index (χ3v) is 6.25. The van der Waals surface area contributed by atoms with Gasteiger partial charge >= 0.3 is 0 Å². The Morgan fingerprint density at radius 2 is 1.10 bits per heavy atom. The standard InChI is InChI=1S/C25H32N2O2.2ClH/c1-16(26(3)4)11-24(28)18-7-9-22-20(13-18)15-21-14-19(8-10-23(21)22)25(29)12-17(2)27(5)6;;/h7-10,13-14,16-17H,11-12,15H2,1-6H3;2*1H. The number of hydrogen-bond donors (Lipinski definition) is 0. The highest BCUT2D eigenvalue weighted by atomic mass is 35.5. The number of carbonyl (C=O) groups excluding carboxylic acids is 2. The fourth-order valence-corrected chi connectivity index (χ4v) is 3.69. The van der Waals surface area contributed by atoms with Crippen molar-refractivity contribution < 1.29 is 9.59 Å². The topological polar surface area (TPSA) is 40.6 Å². The quantitative estimate of drug-likeness (QED) is 0.432. The van der Waals surface area contributed by atoms with Crippen LogP contribution in [0.4, 0.5) is 0 Å². The summed E-state index contributed by atoms with van der Waals surface area (Å²) in [7, 11) is 7.98. The molecule has 0 radical (unpaired) electrons. The van der Waals surface area contributed by atoms with E-state index in [1.165, 1.54) is 22.3 Å². The normalized spacial score (nSPS) is 13.7. The minimum atomic E-state index is 0. The van der Waals surface area contributed by atoms with Gasteiger partial charge in [-0.3, -0.25) is 9.59 Å². The monoisotopic (exact) mass is 464 g/mol. The van der Waals surface area contributed by atoms with Crippen LogP contribution in [-0.2, 0) is 6.42 Å². The summed E-state index contributed by atoms with van der Waals surface area (Å²) in [4.78, 5) is 29.4. The molecule has 0 saturated carbocycles. The third kappa shape index (κ3) is 6.17. The first-order chi connectivity index (χ1) is 13.7. The molecule has 2 unspecified atom stereocenters. The zero-order valence-corrected chi connectivity index (χ0v) is 20.9. The Hall–Kier alpha value is -1.72. The fourth-order valence-electron chi connectivity index (χ4n) is 3.69. The fraction of sp³-hybridized carbons (Fsp3) is 0.440. The van der Waals surface area contributed by atoms with Crippen LogP contribution in [0.25, 0.3) is 11.1 Å². The highest BCUT2D eigenvalue weighted by Crippen LogP contribution is 2.38. The van der Waals surface area contributed by atoms with Crippen LogP contribution in [0.1, 0.15) is 58.5 Å². The molecule has 4 nitrogen and oxygen atoms in total. The second-order valence-electron chi connectivity index (χ2n) is 8.80. The maximum Gasteiger partial charge on any atom is 0.164 e. The van der Waals surface area contributed by atoms with Gasteiger partial charge in [0.2, 0.25) is 0 Å². The van der Waals surface area contributed by atoms with Gasteiger partial charge in [0.05, 0.1) is 0 Å². The number of Topliss-reactive ketones (excluding diaryl/α,β-unsaturated/α-hetero) is 2. The van der Waals surface area contributed by atoms with Crippen LogP contribution in [-0.4, -0.2) is 61.6 Å². The summed E-state index contributed by atoms with van der Waals surface area (Å²) in [5.41, 5.74) is 6.27. The molecule has 0 aromatic heterocycles. The van der Waals surface area contributed by atoms with Crippen LogP contribution in [0.2, 0.25) is 0 Å². The molecule has 170 valence electrons. The third-order valence-electron chi connectivity index (χ3n) is 6.25. The lowest BCUT2D eigenvalue weighted by Gasteiger charge is -2.18. The van der Waals surface area contributed by atoms with Gasteiger partial charge in [-0.15, -0.1) is 24.8 Å². The van der Waals surface area contributed by atoms with E-state index in [-0.39, 0.29) is 48.5 Å². The number of halogens is 2. The van der Waals surface area contributed by atoms with Gasteiger partial charge in [-0.2, -0.15) is 0 Å². The lowest BCUT2D eigenvalue weighted by atomic mass is 9.97.